The highest BCUT2D eigenvalue weighted by molar-refractivity contribution is 5.81. The summed E-state index contributed by atoms with van der Waals surface area (Å²) >= 11 is 0. The molecule has 0 saturated heterocycles. The Balaban J connectivity index is 3.91. The van der Waals surface area contributed by atoms with E-state index in [1.165, 1.54) is 20.8 Å². The predicted molar refractivity (Wildman–Crippen MR) is 56.3 cm³/mol. The maximum Gasteiger partial charge on any atom is 0.350 e. The van der Waals surface area contributed by atoms with Crippen LogP contribution in [0.25, 0.3) is 0 Å². The van der Waals surface area contributed by atoms with Crippen LogP contribution in [-0.4, -0.2) is 24.1 Å². The maximum absolute atomic E-state index is 11.5. The van der Waals surface area contributed by atoms with Gasteiger partial charge in [0.1, 0.15) is 0 Å². The van der Waals surface area contributed by atoms with Gasteiger partial charge in [0.2, 0.25) is 5.60 Å². The van der Waals surface area contributed by atoms with Crippen LogP contribution in [0.5, 0.6) is 0 Å². The molecule has 0 atom stereocenters. The molecule has 4 heteroatoms. The van der Waals surface area contributed by atoms with E-state index in [-0.39, 0.29) is 0 Å². The summed E-state index contributed by atoms with van der Waals surface area (Å²) in [5.74, 6) is -0.973. The standard InChI is InChI=1S/C11H20O4/c1-5-6-7-8-14-10(13)11(3,4)15-9(2)12/h5-8H2,1-4H3. The van der Waals surface area contributed by atoms with Crippen molar-refractivity contribution in [1.82, 2.24) is 0 Å². The number of carbonyl (C=O) groups is 2. The fourth-order valence-corrected chi connectivity index (χ4v) is 1.09. The van der Waals surface area contributed by atoms with Gasteiger partial charge in [0.25, 0.3) is 0 Å². The molecule has 0 aromatic rings. The van der Waals surface area contributed by atoms with Crippen molar-refractivity contribution in [3.8, 4) is 0 Å². The number of carbonyl (C=O) groups excluding carboxylic acids is 2. The SMILES string of the molecule is CCCCCOC(=O)C(C)(C)OC(C)=O. The summed E-state index contributed by atoms with van der Waals surface area (Å²) in [5, 5.41) is 0. The second kappa shape index (κ2) is 6.43. The summed E-state index contributed by atoms with van der Waals surface area (Å²) in [7, 11) is 0. The third kappa shape index (κ3) is 6.10. The quantitative estimate of drug-likeness (QED) is 0.503. The number of esters is 2. The number of hydrogen-bond donors (Lipinski definition) is 0. The number of unbranched alkanes of at least 4 members (excludes halogenated alkanes) is 2. The molecule has 0 aromatic carbocycles. The monoisotopic (exact) mass is 216 g/mol. The lowest BCUT2D eigenvalue weighted by atomic mass is 10.1. The normalized spacial score (nSPS) is 10.9. The second-order valence-electron chi connectivity index (χ2n) is 3.95. The van der Waals surface area contributed by atoms with Crippen LogP contribution in [0, 0.1) is 0 Å². The zero-order chi connectivity index (χ0) is 11.9. The second-order valence-corrected chi connectivity index (χ2v) is 3.95. The van der Waals surface area contributed by atoms with E-state index in [0.717, 1.165) is 19.3 Å². The van der Waals surface area contributed by atoms with Crippen LogP contribution in [0.4, 0.5) is 0 Å². The summed E-state index contributed by atoms with van der Waals surface area (Å²) in [6, 6.07) is 0. The van der Waals surface area contributed by atoms with E-state index in [1.807, 2.05) is 0 Å². The summed E-state index contributed by atoms with van der Waals surface area (Å²) in [5.41, 5.74) is -1.18. The Bertz CT molecular complexity index is 221. The molecule has 0 aliphatic carbocycles. The van der Waals surface area contributed by atoms with E-state index < -0.39 is 17.5 Å². The van der Waals surface area contributed by atoms with E-state index in [2.05, 4.69) is 6.92 Å². The van der Waals surface area contributed by atoms with Gasteiger partial charge in [0.05, 0.1) is 6.61 Å². The minimum absolute atomic E-state index is 0.386. The minimum atomic E-state index is -1.18. The van der Waals surface area contributed by atoms with Crippen LogP contribution in [0.1, 0.15) is 47.0 Å². The van der Waals surface area contributed by atoms with Gasteiger partial charge >= 0.3 is 11.9 Å². The van der Waals surface area contributed by atoms with Crippen LogP contribution >= 0.6 is 0 Å². The number of ether oxygens (including phenoxy) is 2. The lowest BCUT2D eigenvalue weighted by Crippen LogP contribution is -2.38. The average Bonchev–Trinajstić information content (AvgIpc) is 2.10. The Morgan fingerprint density at radius 1 is 1.20 bits per heavy atom. The Labute approximate surface area is 90.9 Å². The van der Waals surface area contributed by atoms with Crippen molar-refractivity contribution in [2.24, 2.45) is 0 Å². The first kappa shape index (κ1) is 13.9. The van der Waals surface area contributed by atoms with Crippen LogP contribution in [-0.2, 0) is 19.1 Å². The molecule has 0 bridgehead atoms. The van der Waals surface area contributed by atoms with Crippen molar-refractivity contribution in [2.45, 2.75) is 52.6 Å². The summed E-state index contributed by atoms with van der Waals surface area (Å²) in [6.07, 6.45) is 2.95. The van der Waals surface area contributed by atoms with Gasteiger partial charge in [-0.05, 0) is 20.3 Å². The molecule has 0 saturated carbocycles. The average molecular weight is 216 g/mol. The number of hydrogen-bond acceptors (Lipinski definition) is 4. The van der Waals surface area contributed by atoms with E-state index in [4.69, 9.17) is 9.47 Å². The predicted octanol–water partition coefficient (Wildman–Crippen LogP) is 2.06. The van der Waals surface area contributed by atoms with Crippen LogP contribution in [0.2, 0.25) is 0 Å². The molecule has 4 nitrogen and oxygen atoms in total. The van der Waals surface area contributed by atoms with Gasteiger partial charge in [0, 0.05) is 6.92 Å². The Hall–Kier alpha value is -1.06. The van der Waals surface area contributed by atoms with Crippen LogP contribution in [0.15, 0.2) is 0 Å². The van der Waals surface area contributed by atoms with Gasteiger partial charge in [-0.1, -0.05) is 19.8 Å². The first-order valence-corrected chi connectivity index (χ1v) is 5.27. The minimum Gasteiger partial charge on any atom is -0.463 e. The van der Waals surface area contributed by atoms with E-state index in [1.54, 1.807) is 0 Å². The smallest absolute Gasteiger partial charge is 0.350 e. The van der Waals surface area contributed by atoms with Gasteiger partial charge in [-0.3, -0.25) is 4.79 Å². The molecule has 0 unspecified atom stereocenters. The third-order valence-corrected chi connectivity index (χ3v) is 1.87. The van der Waals surface area contributed by atoms with Crippen molar-refractivity contribution in [2.75, 3.05) is 6.61 Å². The summed E-state index contributed by atoms with van der Waals surface area (Å²) < 4.78 is 9.84. The van der Waals surface area contributed by atoms with Crippen molar-refractivity contribution in [3.63, 3.8) is 0 Å². The highest BCUT2D eigenvalue weighted by Crippen LogP contribution is 2.12. The topological polar surface area (TPSA) is 52.6 Å². The molecule has 0 amide bonds. The molecular weight excluding hydrogens is 196 g/mol. The molecule has 0 fully saturated rings. The van der Waals surface area contributed by atoms with Gasteiger partial charge < -0.3 is 9.47 Å². The van der Waals surface area contributed by atoms with Crippen molar-refractivity contribution < 1.29 is 19.1 Å². The van der Waals surface area contributed by atoms with E-state index in [0.29, 0.717) is 6.61 Å². The highest BCUT2D eigenvalue weighted by Gasteiger charge is 2.32. The van der Waals surface area contributed by atoms with Crippen LogP contribution in [0.3, 0.4) is 0 Å². The molecule has 0 spiro atoms. The molecule has 0 heterocycles. The largest absolute Gasteiger partial charge is 0.463 e. The molecular formula is C11H20O4. The molecule has 15 heavy (non-hydrogen) atoms. The fraction of sp³-hybridized carbons (Fsp3) is 0.818. The zero-order valence-electron chi connectivity index (χ0n) is 9.96. The first-order chi connectivity index (χ1) is 6.90. The molecule has 0 aliphatic heterocycles. The summed E-state index contributed by atoms with van der Waals surface area (Å²) in [6.45, 7) is 6.78. The summed E-state index contributed by atoms with van der Waals surface area (Å²) in [4.78, 5) is 22.2. The number of rotatable bonds is 6. The Kier molecular flexibility index (Phi) is 5.97. The molecule has 0 rings (SSSR count). The van der Waals surface area contributed by atoms with E-state index in [9.17, 15) is 9.59 Å². The highest BCUT2D eigenvalue weighted by atomic mass is 16.6. The van der Waals surface area contributed by atoms with Crippen molar-refractivity contribution in [1.29, 1.82) is 0 Å². The van der Waals surface area contributed by atoms with Crippen molar-refractivity contribution >= 4 is 11.9 Å². The van der Waals surface area contributed by atoms with Crippen LogP contribution < -0.4 is 0 Å². The third-order valence-electron chi connectivity index (χ3n) is 1.87. The molecule has 0 radical (unpaired) electrons. The Morgan fingerprint density at radius 3 is 2.27 bits per heavy atom. The maximum atomic E-state index is 11.5. The molecule has 0 aliphatic rings. The lowest BCUT2D eigenvalue weighted by Gasteiger charge is -2.22. The zero-order valence-corrected chi connectivity index (χ0v) is 9.96. The Morgan fingerprint density at radius 2 is 1.80 bits per heavy atom. The van der Waals surface area contributed by atoms with Gasteiger partial charge in [-0.15, -0.1) is 0 Å². The van der Waals surface area contributed by atoms with E-state index >= 15 is 0 Å². The van der Waals surface area contributed by atoms with Gasteiger partial charge in [0.15, 0.2) is 0 Å². The first-order valence-electron chi connectivity index (χ1n) is 5.27. The van der Waals surface area contributed by atoms with Gasteiger partial charge in [-0.2, -0.15) is 0 Å². The molecule has 0 N–H and O–H groups in total. The fourth-order valence-electron chi connectivity index (χ4n) is 1.09. The van der Waals surface area contributed by atoms with Crippen molar-refractivity contribution in [3.05, 3.63) is 0 Å². The lowest BCUT2D eigenvalue weighted by molar-refractivity contribution is -0.177. The molecule has 0 aromatic heterocycles. The van der Waals surface area contributed by atoms with Gasteiger partial charge in [-0.25, -0.2) is 4.79 Å². The molecule has 88 valence electrons.